The van der Waals surface area contributed by atoms with Gasteiger partial charge in [-0.05, 0) is 6.42 Å². The van der Waals surface area contributed by atoms with Gasteiger partial charge < -0.3 is 19.7 Å². The van der Waals surface area contributed by atoms with Crippen LogP contribution in [-0.4, -0.2) is 184 Å². The smallest absolute Gasteiger partial charge is 0.327 e. The average Bonchev–Trinajstić information content (AvgIpc) is 2.83. The van der Waals surface area contributed by atoms with Gasteiger partial charge in [0.1, 0.15) is 6.61 Å². The Kier molecular flexibility index (Phi) is 43.3. The number of carboxylic acid groups (broad SMARTS) is 2. The number of rotatable bonds is 25. The quantitative estimate of drug-likeness (QED) is 0.0431. The topological polar surface area (TPSA) is 182 Å². The molecule has 0 aliphatic rings. The minimum atomic E-state index is -5.08. The molecule has 3 N–H and O–H groups in total. The van der Waals surface area contributed by atoms with Crippen LogP contribution in [0.5, 0.6) is 0 Å². The zero-order valence-corrected chi connectivity index (χ0v) is 35.4. The molecule has 0 amide bonds. The van der Waals surface area contributed by atoms with Crippen LogP contribution >= 0.6 is 0 Å². The summed E-state index contributed by atoms with van der Waals surface area (Å²) >= 11 is 0. The fourth-order valence-corrected chi connectivity index (χ4v) is 4.52. The number of hydrogen-bond donors (Lipinski definition) is 3. The van der Waals surface area contributed by atoms with Crippen LogP contribution in [0.4, 0.5) is 0 Å². The minimum Gasteiger partial charge on any atom is -0.481 e. The number of carbonyl (C=O) groups excluding carboxylic acids is 2. The normalized spacial score (nSPS) is 11.1. The van der Waals surface area contributed by atoms with Crippen LogP contribution in [0.3, 0.4) is 0 Å². The number of ether oxygens (including phenoxy) is 2. The second-order valence-electron chi connectivity index (χ2n) is 9.59. The summed E-state index contributed by atoms with van der Waals surface area (Å²) in [5.41, 5.74) is 0. The fourth-order valence-electron chi connectivity index (χ4n) is 3.86. The summed E-state index contributed by atoms with van der Waals surface area (Å²) < 4.78 is 41.5. The Labute approximate surface area is 340 Å². The summed E-state index contributed by atoms with van der Waals surface area (Å²) in [4.78, 5) is 45.5. The Hall–Kier alpha value is 1.79. The van der Waals surface area contributed by atoms with Crippen molar-refractivity contribution in [2.45, 2.75) is 121 Å². The molecule has 1 atom stereocenters. The second-order valence-corrected chi connectivity index (χ2v) is 11.2. The van der Waals surface area contributed by atoms with Gasteiger partial charge in [0, 0.05) is 118 Å². The Balaban J connectivity index is -0.00000114. The van der Waals surface area contributed by atoms with Gasteiger partial charge >= 0.3 is 23.9 Å². The van der Waals surface area contributed by atoms with Crippen LogP contribution in [-0.2, 0) is 38.8 Å². The van der Waals surface area contributed by atoms with E-state index in [4.69, 9.17) is 14.9 Å². The molecule has 0 aromatic heterocycles. The number of esters is 2. The molecular formula is C26H46Na4O11S. The summed E-state index contributed by atoms with van der Waals surface area (Å²) in [5.74, 6) is -8.42. The minimum absolute atomic E-state index is 0. The molecule has 0 bridgehead atoms. The maximum absolute atomic E-state index is 12.0. The predicted octanol–water partition coefficient (Wildman–Crippen LogP) is 3.24. The first-order valence-corrected chi connectivity index (χ1v) is 15.2. The molecule has 0 saturated heterocycles. The van der Waals surface area contributed by atoms with Crippen LogP contribution in [0.15, 0.2) is 0 Å². The van der Waals surface area contributed by atoms with Gasteiger partial charge in [-0.15, -0.1) is 0 Å². The van der Waals surface area contributed by atoms with E-state index >= 15 is 0 Å². The zero-order valence-electron chi connectivity index (χ0n) is 26.6. The molecule has 0 rings (SSSR count). The van der Waals surface area contributed by atoms with E-state index in [0.29, 0.717) is 6.42 Å². The molecule has 42 heavy (non-hydrogen) atoms. The molecule has 0 aromatic carbocycles. The van der Waals surface area contributed by atoms with E-state index in [1.54, 1.807) is 0 Å². The van der Waals surface area contributed by atoms with Crippen LogP contribution in [0, 0.1) is 5.92 Å². The Morgan fingerprint density at radius 3 is 1.31 bits per heavy atom. The molecule has 4 radical (unpaired) electrons. The van der Waals surface area contributed by atoms with Gasteiger partial charge in [-0.3, -0.25) is 23.7 Å². The molecule has 0 aliphatic heterocycles. The molecule has 226 valence electrons. The largest absolute Gasteiger partial charge is 0.481 e. The summed E-state index contributed by atoms with van der Waals surface area (Å²) in [7, 11) is -5.08. The van der Waals surface area contributed by atoms with Gasteiger partial charge in [0.05, 0.1) is 13.0 Å². The van der Waals surface area contributed by atoms with Crippen LogP contribution in [0.25, 0.3) is 0 Å². The molecule has 0 aromatic rings. The second kappa shape index (κ2) is 34.1. The summed E-state index contributed by atoms with van der Waals surface area (Å²) in [6, 6.07) is 0. The molecule has 0 saturated carbocycles. The summed E-state index contributed by atoms with van der Waals surface area (Å²) in [6.07, 6.45) is 18.0. The first-order chi connectivity index (χ1) is 18.0. The third-order valence-corrected chi connectivity index (χ3v) is 7.30. The number of carbonyl (C=O) groups is 4. The van der Waals surface area contributed by atoms with Crippen molar-refractivity contribution in [2.75, 3.05) is 13.2 Å². The van der Waals surface area contributed by atoms with E-state index in [2.05, 4.69) is 11.7 Å². The average molecular weight is 659 g/mol. The monoisotopic (exact) mass is 658 g/mol. The molecule has 0 spiro atoms. The van der Waals surface area contributed by atoms with Gasteiger partial charge in [-0.2, -0.15) is 8.42 Å². The molecular weight excluding hydrogens is 612 g/mol. The molecule has 16 heteroatoms. The molecule has 1 unspecified atom stereocenters. The number of unbranched alkanes of at least 4 members (excludes halogenated alkanes) is 15. The Morgan fingerprint density at radius 2 is 0.976 bits per heavy atom. The van der Waals surface area contributed by atoms with Gasteiger partial charge in [0.25, 0.3) is 10.1 Å². The molecule has 11 nitrogen and oxygen atoms in total. The van der Waals surface area contributed by atoms with Gasteiger partial charge in [-0.25, -0.2) is 0 Å². The summed E-state index contributed by atoms with van der Waals surface area (Å²) in [5, 5.41) is 15.2. The van der Waals surface area contributed by atoms with E-state index in [-0.39, 0.29) is 125 Å². The van der Waals surface area contributed by atoms with Gasteiger partial charge in [0.15, 0.2) is 11.2 Å². The van der Waals surface area contributed by atoms with Crippen LogP contribution in [0.1, 0.15) is 116 Å². The maximum Gasteiger partial charge on any atom is 0.327 e. The van der Waals surface area contributed by atoms with Crippen molar-refractivity contribution < 1.29 is 51.8 Å². The van der Waals surface area contributed by atoms with E-state index in [1.165, 1.54) is 70.6 Å². The predicted molar refractivity (Wildman–Crippen MR) is 163 cm³/mol. The molecule has 0 heterocycles. The van der Waals surface area contributed by atoms with E-state index in [0.717, 1.165) is 25.7 Å². The van der Waals surface area contributed by atoms with E-state index in [9.17, 15) is 32.1 Å². The Bertz CT molecular complexity index is 800. The Morgan fingerprint density at radius 1 is 0.619 bits per heavy atom. The van der Waals surface area contributed by atoms with Crippen molar-refractivity contribution in [1.29, 1.82) is 0 Å². The van der Waals surface area contributed by atoms with Crippen molar-refractivity contribution in [3.8, 4) is 0 Å². The third-order valence-electron chi connectivity index (χ3n) is 6.22. The SMILES string of the molecule is CCCCCCCCCCCCCCCCCCOC(=O)CC(C(=O)OCC(C(=O)O)C(=O)O)S(=O)(=O)O.[Na].[Na].[Na].[Na]. The van der Waals surface area contributed by atoms with Crippen molar-refractivity contribution in [1.82, 2.24) is 0 Å². The van der Waals surface area contributed by atoms with Crippen LogP contribution in [0.2, 0.25) is 0 Å². The number of carboxylic acids is 2. The molecule has 0 fully saturated rings. The maximum atomic E-state index is 12.0. The fraction of sp³-hybridized carbons (Fsp3) is 0.846. The van der Waals surface area contributed by atoms with Crippen molar-refractivity contribution in [3.05, 3.63) is 0 Å². The zero-order chi connectivity index (χ0) is 28.8. The summed E-state index contributed by atoms with van der Waals surface area (Å²) in [6.45, 7) is 1.09. The van der Waals surface area contributed by atoms with E-state index in [1.807, 2.05) is 0 Å². The first-order valence-electron chi connectivity index (χ1n) is 13.7. The first kappa shape index (κ1) is 53.3. The van der Waals surface area contributed by atoms with Gasteiger partial charge in [-0.1, -0.05) is 103 Å². The van der Waals surface area contributed by atoms with Crippen molar-refractivity contribution >= 4 is 152 Å². The van der Waals surface area contributed by atoms with Crippen LogP contribution < -0.4 is 0 Å². The number of aliphatic carboxylic acids is 2. The van der Waals surface area contributed by atoms with Crippen molar-refractivity contribution in [3.63, 3.8) is 0 Å². The third kappa shape index (κ3) is 30.4. The molecule has 0 aliphatic carbocycles. The van der Waals surface area contributed by atoms with E-state index < -0.39 is 58.2 Å². The van der Waals surface area contributed by atoms with Crippen molar-refractivity contribution in [2.24, 2.45) is 5.92 Å². The van der Waals surface area contributed by atoms with Gasteiger partial charge in [0.2, 0.25) is 0 Å². The number of hydrogen-bond acceptors (Lipinski definition) is 8. The standard InChI is InChI=1S/C26H46O11S.4Na/c1-2-3-4-5-6-7-8-9-10-11-12-13-14-15-16-17-18-36-23(27)19-22(38(33,34)35)26(32)37-20-21(24(28)29)25(30)31;;;;/h21-22H,2-20H2,1H3,(H,28,29)(H,30,31)(H,33,34,35);;;;.